The maximum atomic E-state index is 11.0. The fourth-order valence-corrected chi connectivity index (χ4v) is 1.23. The third kappa shape index (κ3) is 3.32. The highest BCUT2D eigenvalue weighted by molar-refractivity contribution is 5.86. The van der Waals surface area contributed by atoms with Gasteiger partial charge < -0.3 is 14.2 Å². The van der Waals surface area contributed by atoms with Crippen LogP contribution in [0, 0.1) is 0 Å². The minimum atomic E-state index is -0.367. The lowest BCUT2D eigenvalue weighted by atomic mass is 9.99. The van der Waals surface area contributed by atoms with Gasteiger partial charge >= 0.3 is 5.97 Å². The molecule has 0 radical (unpaired) electrons. The van der Waals surface area contributed by atoms with Crippen molar-refractivity contribution in [3.8, 4) is 0 Å². The molecule has 0 aliphatic carbocycles. The van der Waals surface area contributed by atoms with E-state index in [-0.39, 0.29) is 18.2 Å². The molecule has 0 aromatic carbocycles. The Balaban J connectivity index is 2.11. The van der Waals surface area contributed by atoms with Gasteiger partial charge in [-0.3, -0.25) is 0 Å². The van der Waals surface area contributed by atoms with Crippen LogP contribution in [0.15, 0.2) is 12.2 Å². The Morgan fingerprint density at radius 3 is 2.53 bits per heavy atom. The van der Waals surface area contributed by atoms with Gasteiger partial charge in [0.2, 0.25) is 0 Å². The van der Waals surface area contributed by atoms with Gasteiger partial charge in [0.05, 0.1) is 19.8 Å². The molecular formula is C11H18O4. The lowest BCUT2D eigenvalue weighted by Crippen LogP contribution is -2.51. The Labute approximate surface area is 90.2 Å². The molecule has 1 saturated heterocycles. The van der Waals surface area contributed by atoms with Crippen LogP contribution in [-0.4, -0.2) is 38.0 Å². The first kappa shape index (κ1) is 12.2. The smallest absolute Gasteiger partial charge is 0.333 e. The summed E-state index contributed by atoms with van der Waals surface area (Å²) in [7, 11) is 0. The summed E-state index contributed by atoms with van der Waals surface area (Å²) >= 11 is 0. The predicted octanol–water partition coefficient (Wildman–Crippen LogP) is 1.30. The summed E-state index contributed by atoms with van der Waals surface area (Å²) in [5.41, 5.74) is 0.266. The lowest BCUT2D eigenvalue weighted by molar-refractivity contribution is -0.215. The maximum Gasteiger partial charge on any atom is 0.333 e. The first-order valence-corrected chi connectivity index (χ1v) is 5.14. The van der Waals surface area contributed by atoms with Crippen LogP contribution in [0.4, 0.5) is 0 Å². The van der Waals surface area contributed by atoms with Crippen LogP contribution in [0.2, 0.25) is 0 Å². The van der Waals surface area contributed by atoms with Crippen molar-refractivity contribution in [2.75, 3.05) is 26.4 Å². The van der Waals surface area contributed by atoms with E-state index in [1.54, 1.807) is 6.92 Å². The normalized spacial score (nSPS) is 18.0. The third-order valence-corrected chi connectivity index (χ3v) is 2.45. The number of hydrogen-bond acceptors (Lipinski definition) is 4. The summed E-state index contributed by atoms with van der Waals surface area (Å²) in [6.45, 7) is 9.13. The van der Waals surface area contributed by atoms with E-state index >= 15 is 0 Å². The van der Waals surface area contributed by atoms with Crippen LogP contribution in [0.25, 0.3) is 0 Å². The SMILES string of the molecule is C=C(C)C(=O)OCCOC1(CC)COC1. The van der Waals surface area contributed by atoms with Crippen LogP contribution >= 0.6 is 0 Å². The fourth-order valence-electron chi connectivity index (χ4n) is 1.23. The van der Waals surface area contributed by atoms with E-state index in [4.69, 9.17) is 14.2 Å². The van der Waals surface area contributed by atoms with E-state index in [1.165, 1.54) is 0 Å². The summed E-state index contributed by atoms with van der Waals surface area (Å²) in [6, 6.07) is 0. The fraction of sp³-hybridized carbons (Fsp3) is 0.727. The van der Waals surface area contributed by atoms with Crippen molar-refractivity contribution in [2.24, 2.45) is 0 Å². The van der Waals surface area contributed by atoms with Gasteiger partial charge in [-0.2, -0.15) is 0 Å². The zero-order valence-corrected chi connectivity index (χ0v) is 9.38. The highest BCUT2D eigenvalue weighted by Crippen LogP contribution is 2.25. The van der Waals surface area contributed by atoms with E-state index < -0.39 is 0 Å². The molecule has 0 N–H and O–H groups in total. The standard InChI is InChI=1S/C11H18O4/c1-4-11(7-13-8-11)15-6-5-14-10(12)9(2)3/h2,4-8H2,1,3H3. The number of esters is 1. The summed E-state index contributed by atoms with van der Waals surface area (Å²) in [4.78, 5) is 11.0. The molecule has 0 amide bonds. The number of rotatable bonds is 6. The Morgan fingerprint density at radius 2 is 2.13 bits per heavy atom. The summed E-state index contributed by atoms with van der Waals surface area (Å²) in [5, 5.41) is 0. The molecule has 86 valence electrons. The third-order valence-electron chi connectivity index (χ3n) is 2.45. The molecule has 0 unspecified atom stereocenters. The van der Waals surface area contributed by atoms with Gasteiger partial charge in [-0.05, 0) is 13.3 Å². The van der Waals surface area contributed by atoms with E-state index in [1.807, 2.05) is 0 Å². The van der Waals surface area contributed by atoms with Crippen LogP contribution < -0.4 is 0 Å². The Hall–Kier alpha value is -0.870. The van der Waals surface area contributed by atoms with Crippen molar-refractivity contribution in [1.29, 1.82) is 0 Å². The minimum Gasteiger partial charge on any atom is -0.460 e. The van der Waals surface area contributed by atoms with Crippen LogP contribution in [-0.2, 0) is 19.0 Å². The second-order valence-electron chi connectivity index (χ2n) is 3.79. The first-order valence-electron chi connectivity index (χ1n) is 5.14. The molecule has 0 saturated carbocycles. The van der Waals surface area contributed by atoms with Crippen molar-refractivity contribution >= 4 is 5.97 Å². The summed E-state index contributed by atoms with van der Waals surface area (Å²) in [5.74, 6) is -0.367. The van der Waals surface area contributed by atoms with Gasteiger partial charge in [-0.1, -0.05) is 13.5 Å². The first-order chi connectivity index (χ1) is 7.09. The largest absolute Gasteiger partial charge is 0.460 e. The molecule has 1 aliphatic heterocycles. The molecule has 0 atom stereocenters. The molecule has 0 spiro atoms. The number of hydrogen-bond donors (Lipinski definition) is 0. The molecule has 4 heteroatoms. The molecule has 1 heterocycles. The van der Waals surface area contributed by atoms with E-state index in [2.05, 4.69) is 13.5 Å². The molecule has 1 fully saturated rings. The Bertz CT molecular complexity index is 237. The molecular weight excluding hydrogens is 196 g/mol. The van der Waals surface area contributed by atoms with Gasteiger partial charge in [-0.25, -0.2) is 4.79 Å². The van der Waals surface area contributed by atoms with E-state index in [0.29, 0.717) is 25.4 Å². The van der Waals surface area contributed by atoms with Gasteiger partial charge in [0.15, 0.2) is 0 Å². The topological polar surface area (TPSA) is 44.8 Å². The number of carbonyl (C=O) groups excluding carboxylic acids is 1. The van der Waals surface area contributed by atoms with Crippen LogP contribution in [0.5, 0.6) is 0 Å². The zero-order chi connectivity index (χ0) is 11.3. The number of carbonyl (C=O) groups is 1. The average molecular weight is 214 g/mol. The predicted molar refractivity (Wildman–Crippen MR) is 55.6 cm³/mol. The monoisotopic (exact) mass is 214 g/mol. The number of ether oxygens (including phenoxy) is 3. The van der Waals surface area contributed by atoms with Gasteiger partial charge in [0, 0.05) is 5.57 Å². The molecule has 1 aliphatic rings. The summed E-state index contributed by atoms with van der Waals surface area (Å²) < 4.78 is 15.6. The summed E-state index contributed by atoms with van der Waals surface area (Å²) in [6.07, 6.45) is 0.918. The van der Waals surface area contributed by atoms with Gasteiger partial charge in [0.25, 0.3) is 0 Å². The second kappa shape index (κ2) is 5.28. The van der Waals surface area contributed by atoms with Crippen molar-refractivity contribution in [2.45, 2.75) is 25.9 Å². The Morgan fingerprint density at radius 1 is 1.47 bits per heavy atom. The second-order valence-corrected chi connectivity index (χ2v) is 3.79. The average Bonchev–Trinajstić information content (AvgIpc) is 2.15. The van der Waals surface area contributed by atoms with E-state index in [0.717, 1.165) is 6.42 Å². The van der Waals surface area contributed by atoms with Crippen molar-refractivity contribution in [1.82, 2.24) is 0 Å². The van der Waals surface area contributed by atoms with Crippen molar-refractivity contribution in [3.63, 3.8) is 0 Å². The maximum absolute atomic E-state index is 11.0. The van der Waals surface area contributed by atoms with E-state index in [9.17, 15) is 4.79 Å². The quantitative estimate of drug-likeness (QED) is 0.380. The van der Waals surface area contributed by atoms with Crippen LogP contribution in [0.1, 0.15) is 20.3 Å². The zero-order valence-electron chi connectivity index (χ0n) is 9.38. The lowest BCUT2D eigenvalue weighted by Gasteiger charge is -2.40. The molecule has 15 heavy (non-hydrogen) atoms. The van der Waals surface area contributed by atoms with Gasteiger partial charge in [0.1, 0.15) is 12.2 Å². The molecule has 4 nitrogen and oxygen atoms in total. The molecule has 0 aromatic rings. The van der Waals surface area contributed by atoms with Crippen LogP contribution in [0.3, 0.4) is 0 Å². The van der Waals surface area contributed by atoms with Crippen molar-refractivity contribution < 1.29 is 19.0 Å². The van der Waals surface area contributed by atoms with Crippen molar-refractivity contribution in [3.05, 3.63) is 12.2 Å². The minimum absolute atomic E-state index is 0.143. The molecule has 0 aromatic heterocycles. The Kier molecular flexibility index (Phi) is 4.29. The highest BCUT2D eigenvalue weighted by atomic mass is 16.6. The highest BCUT2D eigenvalue weighted by Gasteiger charge is 2.37. The molecule has 1 rings (SSSR count). The molecule has 0 bridgehead atoms. The van der Waals surface area contributed by atoms with Gasteiger partial charge in [-0.15, -0.1) is 0 Å².